The highest BCUT2D eigenvalue weighted by molar-refractivity contribution is 5.80. The maximum absolute atomic E-state index is 9.38. The van der Waals surface area contributed by atoms with Crippen LogP contribution < -0.4 is 10.6 Å². The summed E-state index contributed by atoms with van der Waals surface area (Å²) >= 11 is 0. The first-order valence-electron chi connectivity index (χ1n) is 10.1. The van der Waals surface area contributed by atoms with Crippen molar-refractivity contribution in [2.24, 2.45) is 10.4 Å². The fourth-order valence-corrected chi connectivity index (χ4v) is 3.75. The molecule has 0 unspecified atom stereocenters. The van der Waals surface area contributed by atoms with Crippen LogP contribution in [0.3, 0.4) is 0 Å². The van der Waals surface area contributed by atoms with Gasteiger partial charge in [0.2, 0.25) is 0 Å². The van der Waals surface area contributed by atoms with Crippen molar-refractivity contribution in [2.75, 3.05) is 32.8 Å². The Hall–Kier alpha value is -0.810. The van der Waals surface area contributed by atoms with Crippen molar-refractivity contribution < 1.29 is 5.11 Å². The summed E-state index contributed by atoms with van der Waals surface area (Å²) in [4.78, 5) is 7.53. The van der Waals surface area contributed by atoms with Gasteiger partial charge in [0.25, 0.3) is 0 Å². The molecule has 1 aliphatic heterocycles. The summed E-state index contributed by atoms with van der Waals surface area (Å²) in [5, 5.41) is 16.4. The number of aliphatic hydroxyl groups is 1. The topological polar surface area (TPSA) is 59.9 Å². The molecular weight excluding hydrogens is 300 g/mol. The smallest absolute Gasteiger partial charge is 0.191 e. The van der Waals surface area contributed by atoms with E-state index in [1.807, 2.05) is 0 Å². The molecule has 1 aliphatic carbocycles. The Morgan fingerprint density at radius 3 is 2.29 bits per heavy atom. The first-order valence-corrected chi connectivity index (χ1v) is 10.1. The Bertz CT molecular complexity index is 383. The molecular formula is C19H38N4O. The number of rotatable bonds is 9. The lowest BCUT2D eigenvalue weighted by Crippen LogP contribution is -2.49. The van der Waals surface area contributed by atoms with Crippen LogP contribution in [0.2, 0.25) is 0 Å². The van der Waals surface area contributed by atoms with Gasteiger partial charge in [0.05, 0.1) is 0 Å². The molecule has 0 radical (unpaired) electrons. The highest BCUT2D eigenvalue weighted by Gasteiger charge is 2.32. The Balaban J connectivity index is 1.87. The summed E-state index contributed by atoms with van der Waals surface area (Å²) in [6.07, 6.45) is 8.20. The first kappa shape index (κ1) is 19.5. The van der Waals surface area contributed by atoms with Crippen LogP contribution in [0.4, 0.5) is 0 Å². The molecule has 1 heterocycles. The van der Waals surface area contributed by atoms with Crippen LogP contribution in [0.1, 0.15) is 65.7 Å². The van der Waals surface area contributed by atoms with Crippen LogP contribution in [0.15, 0.2) is 4.99 Å². The van der Waals surface area contributed by atoms with Gasteiger partial charge in [0.15, 0.2) is 5.96 Å². The van der Waals surface area contributed by atoms with Crippen molar-refractivity contribution in [1.29, 1.82) is 0 Å². The maximum Gasteiger partial charge on any atom is 0.191 e. The second-order valence-corrected chi connectivity index (χ2v) is 7.56. The van der Waals surface area contributed by atoms with Crippen molar-refractivity contribution in [2.45, 2.75) is 77.8 Å². The molecule has 0 spiro atoms. The summed E-state index contributed by atoms with van der Waals surface area (Å²) in [5.74, 6) is 0.951. The third kappa shape index (κ3) is 5.62. The average molecular weight is 339 g/mol. The first-order chi connectivity index (χ1) is 11.7. The van der Waals surface area contributed by atoms with Gasteiger partial charge in [-0.05, 0) is 57.3 Å². The molecule has 5 nitrogen and oxygen atoms in total. The Kier molecular flexibility index (Phi) is 7.82. The van der Waals surface area contributed by atoms with Crippen LogP contribution in [0.25, 0.3) is 0 Å². The minimum atomic E-state index is 0.131. The second-order valence-electron chi connectivity index (χ2n) is 7.56. The van der Waals surface area contributed by atoms with Crippen LogP contribution in [-0.4, -0.2) is 60.8 Å². The Morgan fingerprint density at radius 1 is 1.12 bits per heavy atom. The minimum Gasteiger partial charge on any atom is -0.396 e. The van der Waals surface area contributed by atoms with Crippen LogP contribution in [0.5, 0.6) is 0 Å². The van der Waals surface area contributed by atoms with Crippen molar-refractivity contribution in [1.82, 2.24) is 15.5 Å². The predicted octanol–water partition coefficient (Wildman–Crippen LogP) is 2.36. The number of hydrogen-bond acceptors (Lipinski definition) is 3. The van der Waals surface area contributed by atoms with E-state index in [4.69, 9.17) is 4.99 Å². The Morgan fingerprint density at radius 2 is 1.79 bits per heavy atom. The highest BCUT2D eigenvalue weighted by Crippen LogP contribution is 2.31. The van der Waals surface area contributed by atoms with Gasteiger partial charge in [-0.25, -0.2) is 0 Å². The number of piperidine rings is 1. The molecule has 1 saturated carbocycles. The summed E-state index contributed by atoms with van der Waals surface area (Å²) in [5.41, 5.74) is 0.131. The van der Waals surface area contributed by atoms with Crippen LogP contribution in [0, 0.1) is 5.41 Å². The summed E-state index contributed by atoms with van der Waals surface area (Å²) in [6, 6.07) is 1.43. The van der Waals surface area contributed by atoms with Crippen molar-refractivity contribution >= 4 is 5.96 Å². The average Bonchev–Trinajstić information content (AvgIpc) is 3.44. The lowest BCUT2D eigenvalue weighted by molar-refractivity contribution is 0.175. The molecule has 0 amide bonds. The lowest BCUT2D eigenvalue weighted by atomic mass is 9.79. The molecule has 5 heteroatoms. The van der Waals surface area contributed by atoms with E-state index in [-0.39, 0.29) is 12.0 Å². The largest absolute Gasteiger partial charge is 0.396 e. The van der Waals surface area contributed by atoms with Gasteiger partial charge in [-0.2, -0.15) is 0 Å². The number of hydrogen-bond donors (Lipinski definition) is 3. The zero-order chi connectivity index (χ0) is 17.4. The number of aliphatic hydroxyl groups excluding tert-OH is 1. The van der Waals surface area contributed by atoms with E-state index in [2.05, 4.69) is 36.3 Å². The Labute approximate surface area is 148 Å². The molecule has 2 fully saturated rings. The number of nitrogens with zero attached hydrogens (tertiary/aromatic N) is 2. The van der Waals surface area contributed by atoms with E-state index < -0.39 is 0 Å². The summed E-state index contributed by atoms with van der Waals surface area (Å²) in [6.45, 7) is 10.9. The van der Waals surface area contributed by atoms with E-state index in [1.54, 1.807) is 0 Å². The molecule has 140 valence electrons. The van der Waals surface area contributed by atoms with Gasteiger partial charge in [0.1, 0.15) is 0 Å². The highest BCUT2D eigenvalue weighted by atomic mass is 16.3. The minimum absolute atomic E-state index is 0.131. The van der Waals surface area contributed by atoms with Gasteiger partial charge in [-0.3, -0.25) is 4.99 Å². The lowest BCUT2D eigenvalue weighted by Gasteiger charge is -2.33. The summed E-state index contributed by atoms with van der Waals surface area (Å²) in [7, 11) is 0. The molecule has 0 aromatic rings. The number of nitrogens with one attached hydrogen (secondary N) is 2. The summed E-state index contributed by atoms with van der Waals surface area (Å²) < 4.78 is 0. The number of guanidine groups is 1. The molecule has 0 aromatic heterocycles. The molecule has 3 N–H and O–H groups in total. The van der Waals surface area contributed by atoms with Gasteiger partial charge in [-0.1, -0.05) is 13.8 Å². The quantitative estimate of drug-likeness (QED) is 0.446. The maximum atomic E-state index is 9.38. The van der Waals surface area contributed by atoms with E-state index in [9.17, 15) is 5.11 Å². The molecule has 0 aromatic carbocycles. The third-order valence-electron chi connectivity index (χ3n) is 5.99. The molecule has 24 heavy (non-hydrogen) atoms. The van der Waals surface area contributed by atoms with Gasteiger partial charge >= 0.3 is 0 Å². The van der Waals surface area contributed by atoms with Crippen LogP contribution in [-0.2, 0) is 0 Å². The standard InChI is InChI=1S/C19H38N4O/c1-4-19(5-2,11-14-24)15-21-18(20-6-3)22-16-9-12-23(13-10-16)17-7-8-17/h16-17,24H,4-15H2,1-3H3,(H2,20,21,22). The van der Waals surface area contributed by atoms with Gasteiger partial charge in [-0.15, -0.1) is 0 Å². The molecule has 1 saturated heterocycles. The fourth-order valence-electron chi connectivity index (χ4n) is 3.75. The molecule has 0 bridgehead atoms. The molecule has 2 aliphatic rings. The predicted molar refractivity (Wildman–Crippen MR) is 101 cm³/mol. The third-order valence-corrected chi connectivity index (χ3v) is 5.99. The normalized spacial score (nSPS) is 21.1. The van der Waals surface area contributed by atoms with E-state index >= 15 is 0 Å². The SMILES string of the molecule is CCNC(=NCC(CC)(CC)CCO)NC1CCN(C2CC2)CC1. The van der Waals surface area contributed by atoms with Gasteiger partial charge in [0, 0.05) is 44.9 Å². The molecule has 0 atom stereocenters. The van der Waals surface area contributed by atoms with Crippen molar-refractivity contribution in [3.8, 4) is 0 Å². The van der Waals surface area contributed by atoms with E-state index in [1.165, 1.54) is 38.8 Å². The van der Waals surface area contributed by atoms with E-state index in [0.29, 0.717) is 6.04 Å². The van der Waals surface area contributed by atoms with Gasteiger partial charge < -0.3 is 20.6 Å². The second kappa shape index (κ2) is 9.62. The van der Waals surface area contributed by atoms with Crippen molar-refractivity contribution in [3.63, 3.8) is 0 Å². The number of likely N-dealkylation sites (tertiary alicyclic amines) is 1. The molecule has 2 rings (SSSR count). The van der Waals surface area contributed by atoms with Crippen LogP contribution >= 0.6 is 0 Å². The zero-order valence-electron chi connectivity index (χ0n) is 16.0. The van der Waals surface area contributed by atoms with E-state index in [0.717, 1.165) is 44.4 Å². The number of aliphatic imine (C=N–C) groups is 1. The van der Waals surface area contributed by atoms with Crippen molar-refractivity contribution in [3.05, 3.63) is 0 Å². The fraction of sp³-hybridized carbons (Fsp3) is 0.947. The zero-order valence-corrected chi connectivity index (χ0v) is 16.0. The monoisotopic (exact) mass is 338 g/mol.